The third kappa shape index (κ3) is 4.13. The van der Waals surface area contributed by atoms with E-state index in [1.807, 2.05) is 48.2 Å². The summed E-state index contributed by atoms with van der Waals surface area (Å²) in [4.78, 5) is 43.3. The number of carbonyl (C=O) groups is 2. The highest BCUT2D eigenvalue weighted by molar-refractivity contribution is 6.00. The van der Waals surface area contributed by atoms with Gasteiger partial charge in [0.15, 0.2) is 0 Å². The van der Waals surface area contributed by atoms with Crippen molar-refractivity contribution in [2.24, 2.45) is 5.92 Å². The van der Waals surface area contributed by atoms with Crippen molar-refractivity contribution >= 4 is 29.3 Å². The lowest BCUT2D eigenvalue weighted by atomic mass is 10.1. The molecule has 3 aliphatic rings. The van der Waals surface area contributed by atoms with Crippen molar-refractivity contribution in [2.75, 3.05) is 60.5 Å². The summed E-state index contributed by atoms with van der Waals surface area (Å²) in [5.74, 6) is 1.61. The average Bonchev–Trinajstić information content (AvgIpc) is 3.49. The van der Waals surface area contributed by atoms with Crippen molar-refractivity contribution < 1.29 is 9.59 Å². The second-order valence-electron chi connectivity index (χ2n) is 8.91. The number of piperazine rings is 1. The maximum Gasteiger partial charge on any atom is 0.228 e. The zero-order chi connectivity index (χ0) is 22.1. The summed E-state index contributed by atoms with van der Waals surface area (Å²) in [6.45, 7) is 7.30. The van der Waals surface area contributed by atoms with Crippen molar-refractivity contribution in [3.63, 3.8) is 0 Å². The van der Waals surface area contributed by atoms with Crippen LogP contribution in [0.25, 0.3) is 0 Å². The first kappa shape index (κ1) is 20.7. The summed E-state index contributed by atoms with van der Waals surface area (Å²) >= 11 is 0. The van der Waals surface area contributed by atoms with Gasteiger partial charge < -0.3 is 19.6 Å². The zero-order valence-electron chi connectivity index (χ0n) is 18.6. The summed E-state index contributed by atoms with van der Waals surface area (Å²) in [5, 5.41) is 0. The van der Waals surface area contributed by atoms with Crippen LogP contribution >= 0.6 is 0 Å². The fraction of sp³-hybridized carbons (Fsp3) is 0.500. The van der Waals surface area contributed by atoms with Crippen LogP contribution in [0.4, 0.5) is 17.5 Å². The van der Waals surface area contributed by atoms with Crippen molar-refractivity contribution in [1.29, 1.82) is 0 Å². The Hall–Kier alpha value is -3.16. The van der Waals surface area contributed by atoms with E-state index >= 15 is 0 Å². The van der Waals surface area contributed by atoms with Gasteiger partial charge in [0.05, 0.1) is 5.92 Å². The molecular weight excluding hydrogens is 404 g/mol. The lowest BCUT2D eigenvalue weighted by Crippen LogP contribution is -2.51. The number of hydrogen-bond donors (Lipinski definition) is 0. The van der Waals surface area contributed by atoms with Gasteiger partial charge in [0.2, 0.25) is 17.8 Å². The number of benzene rings is 1. The monoisotopic (exact) mass is 434 g/mol. The highest BCUT2D eigenvalue weighted by Gasteiger charge is 2.38. The molecule has 5 rings (SSSR count). The zero-order valence-corrected chi connectivity index (χ0v) is 18.6. The van der Waals surface area contributed by atoms with Gasteiger partial charge in [-0.05, 0) is 31.9 Å². The fourth-order valence-corrected chi connectivity index (χ4v) is 4.90. The van der Waals surface area contributed by atoms with Crippen molar-refractivity contribution in [3.05, 3.63) is 42.1 Å². The van der Waals surface area contributed by atoms with Crippen LogP contribution in [0, 0.1) is 12.8 Å². The van der Waals surface area contributed by atoms with E-state index in [1.54, 1.807) is 4.90 Å². The molecule has 32 heavy (non-hydrogen) atoms. The molecule has 0 N–H and O–H groups in total. The molecule has 2 aromatic rings. The van der Waals surface area contributed by atoms with E-state index in [9.17, 15) is 9.59 Å². The Kier molecular flexibility index (Phi) is 5.68. The maximum absolute atomic E-state index is 13.1. The van der Waals surface area contributed by atoms with E-state index < -0.39 is 0 Å². The van der Waals surface area contributed by atoms with Crippen LogP contribution in [0.5, 0.6) is 0 Å². The van der Waals surface area contributed by atoms with Gasteiger partial charge in [-0.2, -0.15) is 4.98 Å². The Bertz CT molecular complexity index is 983. The van der Waals surface area contributed by atoms with Crippen LogP contribution < -0.4 is 14.7 Å². The standard InChI is InChI=1S/C24H30N6O2/c1-18-15-21(26-24(25-18)29-9-5-6-10-29)27-11-13-28(14-12-27)23(32)19-16-22(31)30(17-19)20-7-3-2-4-8-20/h2-4,7-8,15,19H,5-6,9-14,16-17H2,1H3. The van der Waals surface area contributed by atoms with Crippen LogP contribution in [0.15, 0.2) is 36.4 Å². The summed E-state index contributed by atoms with van der Waals surface area (Å²) in [7, 11) is 0. The molecule has 0 aliphatic carbocycles. The van der Waals surface area contributed by atoms with Crippen LogP contribution in [0.1, 0.15) is 25.0 Å². The Labute approximate surface area is 188 Å². The number of aromatic nitrogens is 2. The highest BCUT2D eigenvalue weighted by atomic mass is 16.2. The molecule has 1 aromatic heterocycles. The Morgan fingerprint density at radius 3 is 2.38 bits per heavy atom. The Balaban J connectivity index is 1.21. The number of para-hydroxylation sites is 1. The van der Waals surface area contributed by atoms with Crippen molar-refractivity contribution in [1.82, 2.24) is 14.9 Å². The minimum atomic E-state index is -0.266. The van der Waals surface area contributed by atoms with Gasteiger partial charge in [0.1, 0.15) is 5.82 Å². The second kappa shape index (κ2) is 8.76. The van der Waals surface area contributed by atoms with Gasteiger partial charge >= 0.3 is 0 Å². The first-order chi connectivity index (χ1) is 15.6. The number of anilines is 3. The van der Waals surface area contributed by atoms with Gasteiger partial charge in [0.25, 0.3) is 0 Å². The molecule has 8 heteroatoms. The molecule has 3 aliphatic heterocycles. The molecule has 1 atom stereocenters. The topological polar surface area (TPSA) is 72.9 Å². The van der Waals surface area contributed by atoms with Gasteiger partial charge in [-0.3, -0.25) is 9.59 Å². The molecule has 0 saturated carbocycles. The lowest BCUT2D eigenvalue weighted by Gasteiger charge is -2.36. The third-order valence-corrected chi connectivity index (χ3v) is 6.68. The fourth-order valence-electron chi connectivity index (χ4n) is 4.90. The van der Waals surface area contributed by atoms with E-state index in [0.717, 1.165) is 49.3 Å². The highest BCUT2D eigenvalue weighted by Crippen LogP contribution is 2.27. The lowest BCUT2D eigenvalue weighted by molar-refractivity contribution is -0.136. The molecule has 1 aromatic carbocycles. The smallest absolute Gasteiger partial charge is 0.228 e. The number of carbonyl (C=O) groups excluding carboxylic acids is 2. The number of amides is 2. The molecule has 0 spiro atoms. The molecule has 1 unspecified atom stereocenters. The Morgan fingerprint density at radius 2 is 1.66 bits per heavy atom. The minimum absolute atomic E-state index is 0.0269. The number of hydrogen-bond acceptors (Lipinski definition) is 6. The molecule has 3 fully saturated rings. The van der Waals surface area contributed by atoms with Crippen LogP contribution in [0.2, 0.25) is 0 Å². The quantitative estimate of drug-likeness (QED) is 0.734. The first-order valence-electron chi connectivity index (χ1n) is 11.6. The molecule has 3 saturated heterocycles. The van der Waals surface area contributed by atoms with Crippen molar-refractivity contribution in [2.45, 2.75) is 26.2 Å². The van der Waals surface area contributed by atoms with E-state index in [2.05, 4.69) is 14.8 Å². The largest absolute Gasteiger partial charge is 0.353 e. The molecular formula is C24H30N6O2. The predicted octanol–water partition coefficient (Wildman–Crippen LogP) is 2.09. The molecule has 2 amide bonds. The van der Waals surface area contributed by atoms with Crippen LogP contribution in [-0.2, 0) is 9.59 Å². The molecule has 0 radical (unpaired) electrons. The van der Waals surface area contributed by atoms with E-state index in [-0.39, 0.29) is 24.2 Å². The number of rotatable bonds is 4. The van der Waals surface area contributed by atoms with Gasteiger partial charge in [-0.15, -0.1) is 0 Å². The maximum atomic E-state index is 13.1. The SMILES string of the molecule is Cc1cc(N2CCN(C(=O)C3CC(=O)N(c4ccccc4)C3)CC2)nc(N2CCCC2)n1. The van der Waals surface area contributed by atoms with Crippen LogP contribution in [-0.4, -0.2) is 72.5 Å². The van der Waals surface area contributed by atoms with E-state index in [4.69, 9.17) is 4.98 Å². The van der Waals surface area contributed by atoms with Gasteiger partial charge in [-0.25, -0.2) is 4.98 Å². The average molecular weight is 435 g/mol. The molecule has 4 heterocycles. The Morgan fingerprint density at radius 1 is 0.938 bits per heavy atom. The second-order valence-corrected chi connectivity index (χ2v) is 8.91. The summed E-state index contributed by atoms with van der Waals surface area (Å²) in [5.41, 5.74) is 1.84. The van der Waals surface area contributed by atoms with Gasteiger partial charge in [-0.1, -0.05) is 18.2 Å². The first-order valence-corrected chi connectivity index (χ1v) is 11.6. The van der Waals surface area contributed by atoms with E-state index in [1.165, 1.54) is 12.8 Å². The summed E-state index contributed by atoms with van der Waals surface area (Å²) in [6.07, 6.45) is 2.68. The summed E-state index contributed by atoms with van der Waals surface area (Å²) in [6, 6.07) is 11.6. The minimum Gasteiger partial charge on any atom is -0.353 e. The predicted molar refractivity (Wildman–Crippen MR) is 124 cm³/mol. The van der Waals surface area contributed by atoms with Crippen molar-refractivity contribution in [3.8, 4) is 0 Å². The van der Waals surface area contributed by atoms with Gasteiger partial charge in [0, 0.05) is 69.7 Å². The number of nitrogens with zero attached hydrogens (tertiary/aromatic N) is 6. The molecule has 8 nitrogen and oxygen atoms in total. The summed E-state index contributed by atoms with van der Waals surface area (Å²) < 4.78 is 0. The number of aryl methyl sites for hydroxylation is 1. The molecule has 168 valence electrons. The normalized spacial score (nSPS) is 21.5. The third-order valence-electron chi connectivity index (χ3n) is 6.68. The van der Waals surface area contributed by atoms with E-state index in [0.29, 0.717) is 19.6 Å². The van der Waals surface area contributed by atoms with Crippen LogP contribution in [0.3, 0.4) is 0 Å². The molecule has 0 bridgehead atoms.